The lowest BCUT2D eigenvalue weighted by atomic mass is 9.87. The lowest BCUT2D eigenvalue weighted by Gasteiger charge is -2.26. The summed E-state index contributed by atoms with van der Waals surface area (Å²) in [6.45, 7) is 5.01. The number of fused-ring (bicyclic) bond motifs is 1. The predicted molar refractivity (Wildman–Crippen MR) is 167 cm³/mol. The number of thiazole rings is 1. The van der Waals surface area contributed by atoms with Gasteiger partial charge in [0.2, 0.25) is 0 Å². The highest BCUT2D eigenvalue weighted by atomic mass is 35.5. The number of nitrogens with zero attached hydrogens (tertiary/aromatic N) is 4. The second kappa shape index (κ2) is 10.6. The smallest absolute Gasteiger partial charge is 0.352 e. The van der Waals surface area contributed by atoms with E-state index in [-0.39, 0.29) is 6.04 Å². The molecule has 3 heterocycles. The largest absolute Gasteiger partial charge is 0.493 e. The molecule has 1 aliphatic rings. The van der Waals surface area contributed by atoms with E-state index in [9.17, 15) is 9.90 Å². The van der Waals surface area contributed by atoms with Crippen molar-refractivity contribution in [2.75, 3.05) is 6.61 Å². The summed E-state index contributed by atoms with van der Waals surface area (Å²) in [6.07, 6.45) is 3.79. The minimum Gasteiger partial charge on any atom is -0.493 e. The Hall–Kier alpha value is -4.14. The molecule has 1 atom stereocenters. The van der Waals surface area contributed by atoms with Crippen LogP contribution in [0.4, 0.5) is 0 Å². The van der Waals surface area contributed by atoms with Crippen molar-refractivity contribution in [3.63, 3.8) is 0 Å². The van der Waals surface area contributed by atoms with Crippen LogP contribution in [0, 0.1) is 13.8 Å². The third-order valence-electron chi connectivity index (χ3n) is 8.16. The number of halogens is 1. The van der Waals surface area contributed by atoms with E-state index in [1.165, 1.54) is 0 Å². The fourth-order valence-corrected chi connectivity index (χ4v) is 7.70. The molecule has 1 aliphatic carbocycles. The summed E-state index contributed by atoms with van der Waals surface area (Å²) in [5, 5.41) is 19.9. The molecule has 0 bridgehead atoms. The van der Waals surface area contributed by atoms with Crippen LogP contribution in [-0.4, -0.2) is 37.0 Å². The average Bonchev–Trinajstić information content (AvgIpc) is 3.68. The number of aromatic nitrogens is 4. The summed E-state index contributed by atoms with van der Waals surface area (Å²) in [4.78, 5) is 18.4. The Balaban J connectivity index is 1.24. The number of carbonyl (C=O) groups is 1. The van der Waals surface area contributed by atoms with Crippen LogP contribution < -0.4 is 4.74 Å². The molecule has 1 unspecified atom stereocenters. The number of aromatic carboxylic acids is 1. The molecule has 0 saturated carbocycles. The van der Waals surface area contributed by atoms with Gasteiger partial charge in [0.05, 0.1) is 33.9 Å². The van der Waals surface area contributed by atoms with Gasteiger partial charge in [0.25, 0.3) is 0 Å². The van der Waals surface area contributed by atoms with Gasteiger partial charge in [-0.25, -0.2) is 9.78 Å². The maximum Gasteiger partial charge on any atom is 0.352 e. The van der Waals surface area contributed by atoms with Gasteiger partial charge in [0.1, 0.15) is 11.4 Å². The van der Waals surface area contributed by atoms with Crippen molar-refractivity contribution < 1.29 is 14.6 Å². The van der Waals surface area contributed by atoms with Crippen LogP contribution in [0.15, 0.2) is 66.9 Å². The molecule has 0 radical (unpaired) electrons. The van der Waals surface area contributed by atoms with E-state index >= 15 is 0 Å². The van der Waals surface area contributed by atoms with Crippen molar-refractivity contribution in [3.05, 3.63) is 99.4 Å². The van der Waals surface area contributed by atoms with Crippen LogP contribution in [0.3, 0.4) is 0 Å². The van der Waals surface area contributed by atoms with E-state index in [0.29, 0.717) is 43.1 Å². The second-order valence-corrected chi connectivity index (χ2v) is 12.3. The van der Waals surface area contributed by atoms with Crippen molar-refractivity contribution in [2.45, 2.75) is 45.7 Å². The van der Waals surface area contributed by atoms with E-state index in [0.717, 1.165) is 59.8 Å². The van der Waals surface area contributed by atoms with Crippen LogP contribution in [0.5, 0.6) is 5.75 Å². The molecular weight excluding hydrogens is 568 g/mol. The Morgan fingerprint density at radius 3 is 2.76 bits per heavy atom. The van der Waals surface area contributed by atoms with Crippen molar-refractivity contribution in [1.82, 2.24) is 19.3 Å². The first-order chi connectivity index (χ1) is 20.4. The number of benzene rings is 3. The Morgan fingerprint density at radius 1 is 1.12 bits per heavy atom. The first-order valence-corrected chi connectivity index (χ1v) is 15.3. The molecule has 7 rings (SSSR count). The highest BCUT2D eigenvalue weighted by Crippen LogP contribution is 2.45. The SMILES string of the molecule is Cc1nc(C)c(-c2ccnn2C2CCc3c(C(=O)O)n(CCCOc4cccc5ccccc45)c4ccc(Cl)c2c34)s1. The Morgan fingerprint density at radius 2 is 1.95 bits per heavy atom. The molecule has 0 spiro atoms. The van der Waals surface area contributed by atoms with E-state index in [1.54, 1.807) is 11.3 Å². The summed E-state index contributed by atoms with van der Waals surface area (Å²) < 4.78 is 10.2. The molecular formula is C33H29ClN4O3S. The van der Waals surface area contributed by atoms with Gasteiger partial charge in [-0.05, 0) is 68.3 Å². The Bertz CT molecular complexity index is 1980. The zero-order valence-electron chi connectivity index (χ0n) is 23.3. The monoisotopic (exact) mass is 596 g/mol. The van der Waals surface area contributed by atoms with Gasteiger partial charge in [-0.2, -0.15) is 5.10 Å². The third kappa shape index (κ3) is 4.37. The lowest BCUT2D eigenvalue weighted by molar-refractivity contribution is 0.0683. The van der Waals surface area contributed by atoms with Gasteiger partial charge in [-0.1, -0.05) is 48.0 Å². The third-order valence-corrected chi connectivity index (χ3v) is 9.58. The molecule has 9 heteroatoms. The van der Waals surface area contributed by atoms with Crippen LogP contribution in [0.25, 0.3) is 32.2 Å². The number of hydrogen-bond acceptors (Lipinski definition) is 5. The van der Waals surface area contributed by atoms with Crippen LogP contribution >= 0.6 is 22.9 Å². The standard InChI is InChI=1S/C33H29ClN4O3S/c1-19-32(42-20(2)36-19)27-15-16-35-38(27)26-13-11-23-29-25(14-12-24(34)30(26)29)37(31(23)33(39)40)17-6-18-41-28-10-5-8-21-7-3-4-9-22(21)28/h3-5,7-10,12,14-16,26H,6,11,13,17-18H2,1-2H3,(H,39,40). The number of carboxylic acids is 1. The number of aryl methyl sites for hydroxylation is 4. The summed E-state index contributed by atoms with van der Waals surface area (Å²) in [5.74, 6) is -0.0898. The number of carboxylic acid groups (broad SMARTS) is 1. The summed E-state index contributed by atoms with van der Waals surface area (Å²) in [6, 6.07) is 19.9. The molecule has 42 heavy (non-hydrogen) atoms. The molecule has 0 fully saturated rings. The molecule has 0 saturated heterocycles. The van der Waals surface area contributed by atoms with E-state index in [2.05, 4.69) is 23.2 Å². The molecule has 0 amide bonds. The first kappa shape index (κ1) is 26.7. The molecule has 6 aromatic rings. The lowest BCUT2D eigenvalue weighted by Crippen LogP contribution is -2.19. The normalized spacial score (nSPS) is 14.6. The average molecular weight is 597 g/mol. The molecule has 3 aromatic heterocycles. The van der Waals surface area contributed by atoms with Gasteiger partial charge in [-0.15, -0.1) is 11.3 Å². The summed E-state index contributed by atoms with van der Waals surface area (Å²) in [7, 11) is 0. The molecule has 0 aliphatic heterocycles. The maximum atomic E-state index is 12.7. The van der Waals surface area contributed by atoms with Crippen LogP contribution in [-0.2, 0) is 13.0 Å². The van der Waals surface area contributed by atoms with Crippen LogP contribution in [0.1, 0.15) is 51.2 Å². The molecule has 1 N–H and O–H groups in total. The fraction of sp³-hybridized carbons (Fsp3) is 0.242. The Labute approximate surface area is 252 Å². The van der Waals surface area contributed by atoms with Gasteiger partial charge < -0.3 is 14.4 Å². The van der Waals surface area contributed by atoms with Gasteiger partial charge >= 0.3 is 5.97 Å². The van der Waals surface area contributed by atoms with Crippen molar-refractivity contribution >= 4 is 50.6 Å². The number of hydrogen-bond donors (Lipinski definition) is 1. The topological polar surface area (TPSA) is 82.2 Å². The fourth-order valence-electron chi connectivity index (χ4n) is 6.48. The first-order valence-electron chi connectivity index (χ1n) is 14.1. The van der Waals surface area contributed by atoms with Gasteiger partial charge in [0, 0.05) is 39.6 Å². The highest BCUT2D eigenvalue weighted by Gasteiger charge is 2.34. The second-order valence-electron chi connectivity index (χ2n) is 10.7. The van der Waals surface area contributed by atoms with Crippen molar-refractivity contribution in [2.24, 2.45) is 0 Å². The van der Waals surface area contributed by atoms with Crippen LogP contribution in [0.2, 0.25) is 5.02 Å². The van der Waals surface area contributed by atoms with E-state index < -0.39 is 5.97 Å². The van der Waals surface area contributed by atoms with E-state index in [1.807, 2.05) is 71.8 Å². The zero-order valence-corrected chi connectivity index (χ0v) is 24.9. The molecule has 212 valence electrons. The minimum atomic E-state index is -0.924. The van der Waals surface area contributed by atoms with Gasteiger partial charge in [-0.3, -0.25) is 4.68 Å². The zero-order chi connectivity index (χ0) is 29.0. The van der Waals surface area contributed by atoms with E-state index in [4.69, 9.17) is 21.4 Å². The highest BCUT2D eigenvalue weighted by molar-refractivity contribution is 7.15. The summed E-state index contributed by atoms with van der Waals surface area (Å²) in [5.41, 5.74) is 4.99. The minimum absolute atomic E-state index is 0.118. The molecule has 7 nitrogen and oxygen atoms in total. The number of ether oxygens (including phenoxy) is 1. The van der Waals surface area contributed by atoms with Gasteiger partial charge in [0.15, 0.2) is 0 Å². The number of rotatable bonds is 8. The Kier molecular flexibility index (Phi) is 6.75. The van der Waals surface area contributed by atoms with Crippen molar-refractivity contribution in [1.29, 1.82) is 0 Å². The molecule has 3 aromatic carbocycles. The van der Waals surface area contributed by atoms with Crippen molar-refractivity contribution in [3.8, 4) is 16.3 Å². The maximum absolute atomic E-state index is 12.7. The quantitative estimate of drug-likeness (QED) is 0.180. The predicted octanol–water partition coefficient (Wildman–Crippen LogP) is 8.09. The summed E-state index contributed by atoms with van der Waals surface area (Å²) >= 11 is 8.57.